The highest BCUT2D eigenvalue weighted by Gasteiger charge is 2.08. The maximum atomic E-state index is 4.46. The molecule has 0 radical (unpaired) electrons. The third-order valence-corrected chi connectivity index (χ3v) is 3.18. The van der Waals surface area contributed by atoms with Crippen LogP contribution in [0.5, 0.6) is 0 Å². The van der Waals surface area contributed by atoms with Crippen LogP contribution in [0.15, 0.2) is 0 Å². The van der Waals surface area contributed by atoms with Crippen molar-refractivity contribution in [3.05, 3.63) is 15.1 Å². The molecule has 0 aromatic carbocycles. The van der Waals surface area contributed by atoms with Crippen LogP contribution in [0.25, 0.3) is 0 Å². The first kappa shape index (κ1) is 11.7. The summed E-state index contributed by atoms with van der Waals surface area (Å²) < 4.78 is 1.11. The first-order chi connectivity index (χ1) is 6.54. The summed E-state index contributed by atoms with van der Waals surface area (Å²) in [6.07, 6.45) is 0.937. The standard InChI is InChI=1S/C10H16IN3/c1-6(2)5-8-13-7(3)9(11)10(12-4)14-8/h6H,5H2,1-4H3,(H,12,13,14). The molecule has 0 aliphatic heterocycles. The van der Waals surface area contributed by atoms with Crippen LogP contribution in [0.3, 0.4) is 0 Å². The lowest BCUT2D eigenvalue weighted by atomic mass is 10.1. The highest BCUT2D eigenvalue weighted by Crippen LogP contribution is 2.18. The number of anilines is 1. The Labute approximate surface area is 98.9 Å². The van der Waals surface area contributed by atoms with Crippen LogP contribution in [0.2, 0.25) is 0 Å². The molecular weight excluding hydrogens is 289 g/mol. The third-order valence-electron chi connectivity index (χ3n) is 1.89. The summed E-state index contributed by atoms with van der Waals surface area (Å²) in [5.74, 6) is 2.47. The number of hydrogen-bond donors (Lipinski definition) is 1. The van der Waals surface area contributed by atoms with E-state index in [0.29, 0.717) is 5.92 Å². The zero-order chi connectivity index (χ0) is 10.7. The summed E-state index contributed by atoms with van der Waals surface area (Å²) in [5.41, 5.74) is 1.06. The van der Waals surface area contributed by atoms with Crippen LogP contribution in [-0.4, -0.2) is 17.0 Å². The zero-order valence-corrected chi connectivity index (χ0v) is 11.2. The monoisotopic (exact) mass is 305 g/mol. The highest BCUT2D eigenvalue weighted by molar-refractivity contribution is 14.1. The fourth-order valence-electron chi connectivity index (χ4n) is 1.24. The van der Waals surface area contributed by atoms with Crippen molar-refractivity contribution in [3.8, 4) is 0 Å². The summed E-state index contributed by atoms with van der Waals surface area (Å²) in [6, 6.07) is 0. The number of aromatic nitrogens is 2. The Morgan fingerprint density at radius 1 is 1.36 bits per heavy atom. The quantitative estimate of drug-likeness (QED) is 0.872. The number of nitrogens with zero attached hydrogens (tertiary/aromatic N) is 2. The van der Waals surface area contributed by atoms with Gasteiger partial charge in [-0.05, 0) is 35.4 Å². The van der Waals surface area contributed by atoms with Gasteiger partial charge in [0, 0.05) is 13.5 Å². The molecule has 0 saturated heterocycles. The molecule has 0 aliphatic rings. The van der Waals surface area contributed by atoms with E-state index in [1.807, 2.05) is 14.0 Å². The number of hydrogen-bond acceptors (Lipinski definition) is 3. The van der Waals surface area contributed by atoms with Gasteiger partial charge >= 0.3 is 0 Å². The molecule has 14 heavy (non-hydrogen) atoms. The van der Waals surface area contributed by atoms with E-state index in [2.05, 4.69) is 51.7 Å². The predicted molar refractivity (Wildman–Crippen MR) is 67.6 cm³/mol. The molecule has 0 unspecified atom stereocenters. The van der Waals surface area contributed by atoms with Gasteiger partial charge in [-0.15, -0.1) is 0 Å². The number of halogens is 1. The Morgan fingerprint density at radius 3 is 2.50 bits per heavy atom. The minimum atomic E-state index is 0.596. The molecule has 1 rings (SSSR count). The molecule has 1 N–H and O–H groups in total. The SMILES string of the molecule is CNc1nc(CC(C)C)nc(C)c1I. The second-order valence-electron chi connectivity index (χ2n) is 3.74. The number of aryl methyl sites for hydroxylation is 1. The molecule has 3 nitrogen and oxygen atoms in total. The molecule has 0 bridgehead atoms. The lowest BCUT2D eigenvalue weighted by molar-refractivity contribution is 0.619. The predicted octanol–water partition coefficient (Wildman–Crippen LogP) is 2.63. The lowest BCUT2D eigenvalue weighted by Gasteiger charge is -2.09. The van der Waals surface area contributed by atoms with Gasteiger partial charge < -0.3 is 5.32 Å². The molecule has 0 saturated carbocycles. The first-order valence-corrected chi connectivity index (χ1v) is 5.83. The molecule has 0 amide bonds. The van der Waals surface area contributed by atoms with Crippen LogP contribution >= 0.6 is 22.6 Å². The normalized spacial score (nSPS) is 10.7. The Kier molecular flexibility index (Phi) is 4.10. The van der Waals surface area contributed by atoms with Crippen molar-refractivity contribution in [2.24, 2.45) is 5.92 Å². The van der Waals surface area contributed by atoms with Crippen LogP contribution in [0.4, 0.5) is 5.82 Å². The van der Waals surface area contributed by atoms with Crippen molar-refractivity contribution in [2.45, 2.75) is 27.2 Å². The largest absolute Gasteiger partial charge is 0.372 e. The molecule has 1 aromatic rings. The minimum absolute atomic E-state index is 0.596. The molecule has 78 valence electrons. The maximum Gasteiger partial charge on any atom is 0.143 e. The molecule has 1 heterocycles. The van der Waals surface area contributed by atoms with Crippen molar-refractivity contribution in [2.75, 3.05) is 12.4 Å². The fraction of sp³-hybridized carbons (Fsp3) is 0.600. The van der Waals surface area contributed by atoms with E-state index in [9.17, 15) is 0 Å². The minimum Gasteiger partial charge on any atom is -0.372 e. The van der Waals surface area contributed by atoms with E-state index in [1.165, 1.54) is 0 Å². The smallest absolute Gasteiger partial charge is 0.143 e. The zero-order valence-electron chi connectivity index (χ0n) is 9.06. The van der Waals surface area contributed by atoms with Gasteiger partial charge in [-0.1, -0.05) is 13.8 Å². The first-order valence-electron chi connectivity index (χ1n) is 4.75. The van der Waals surface area contributed by atoms with Crippen molar-refractivity contribution in [1.82, 2.24) is 9.97 Å². The molecule has 0 spiro atoms. The van der Waals surface area contributed by atoms with Crippen molar-refractivity contribution in [3.63, 3.8) is 0 Å². The summed E-state index contributed by atoms with van der Waals surface area (Å²) >= 11 is 2.27. The summed E-state index contributed by atoms with van der Waals surface area (Å²) in [4.78, 5) is 8.92. The Bertz CT molecular complexity index is 323. The highest BCUT2D eigenvalue weighted by atomic mass is 127. The van der Waals surface area contributed by atoms with Gasteiger partial charge in [-0.25, -0.2) is 9.97 Å². The van der Waals surface area contributed by atoms with Gasteiger partial charge in [0.2, 0.25) is 0 Å². The van der Waals surface area contributed by atoms with E-state index < -0.39 is 0 Å². The lowest BCUT2D eigenvalue weighted by Crippen LogP contribution is -2.07. The number of nitrogens with one attached hydrogen (secondary N) is 1. The summed E-state index contributed by atoms with van der Waals surface area (Å²) in [6.45, 7) is 6.37. The van der Waals surface area contributed by atoms with Gasteiger partial charge in [-0.3, -0.25) is 0 Å². The van der Waals surface area contributed by atoms with Crippen LogP contribution in [0.1, 0.15) is 25.4 Å². The van der Waals surface area contributed by atoms with E-state index in [1.54, 1.807) is 0 Å². The summed E-state index contributed by atoms with van der Waals surface area (Å²) in [7, 11) is 1.89. The van der Waals surface area contributed by atoms with E-state index in [-0.39, 0.29) is 0 Å². The Balaban J connectivity index is 3.03. The second-order valence-corrected chi connectivity index (χ2v) is 4.81. The molecular formula is C10H16IN3. The van der Waals surface area contributed by atoms with Crippen molar-refractivity contribution < 1.29 is 0 Å². The Morgan fingerprint density at radius 2 is 2.00 bits per heavy atom. The van der Waals surface area contributed by atoms with E-state index in [0.717, 1.165) is 27.3 Å². The maximum absolute atomic E-state index is 4.46. The fourth-order valence-corrected chi connectivity index (χ4v) is 1.75. The molecule has 4 heteroatoms. The van der Waals surface area contributed by atoms with Crippen molar-refractivity contribution >= 4 is 28.4 Å². The second kappa shape index (κ2) is 4.91. The van der Waals surface area contributed by atoms with Gasteiger partial charge in [0.25, 0.3) is 0 Å². The van der Waals surface area contributed by atoms with Crippen LogP contribution in [-0.2, 0) is 6.42 Å². The van der Waals surface area contributed by atoms with Gasteiger partial charge in [-0.2, -0.15) is 0 Å². The third kappa shape index (κ3) is 2.80. The molecule has 0 atom stereocenters. The molecule has 1 aromatic heterocycles. The van der Waals surface area contributed by atoms with Gasteiger partial charge in [0.15, 0.2) is 0 Å². The number of rotatable bonds is 3. The topological polar surface area (TPSA) is 37.8 Å². The van der Waals surface area contributed by atoms with Crippen LogP contribution in [0, 0.1) is 16.4 Å². The van der Waals surface area contributed by atoms with Crippen LogP contribution < -0.4 is 5.32 Å². The summed E-state index contributed by atoms with van der Waals surface area (Å²) in [5, 5.41) is 3.09. The van der Waals surface area contributed by atoms with E-state index >= 15 is 0 Å². The van der Waals surface area contributed by atoms with Crippen molar-refractivity contribution in [1.29, 1.82) is 0 Å². The molecule has 0 aliphatic carbocycles. The average molecular weight is 305 g/mol. The Hall–Kier alpha value is -0.390. The molecule has 0 fully saturated rings. The van der Waals surface area contributed by atoms with Gasteiger partial charge in [0.05, 0.1) is 9.26 Å². The van der Waals surface area contributed by atoms with Gasteiger partial charge in [0.1, 0.15) is 11.6 Å². The average Bonchev–Trinajstić information content (AvgIpc) is 2.10. The van der Waals surface area contributed by atoms with E-state index in [4.69, 9.17) is 0 Å².